The van der Waals surface area contributed by atoms with Gasteiger partial charge in [-0.1, -0.05) is 17.7 Å². The minimum atomic E-state index is -0.0793. The van der Waals surface area contributed by atoms with Crippen LogP contribution in [-0.4, -0.2) is 22.3 Å². The minimum absolute atomic E-state index is 0.0793. The number of imidazole rings is 1. The zero-order valence-corrected chi connectivity index (χ0v) is 11.1. The first-order chi connectivity index (χ1) is 8.65. The molecule has 96 valence electrons. The summed E-state index contributed by atoms with van der Waals surface area (Å²) in [6.45, 7) is 0.742. The second-order valence-corrected chi connectivity index (χ2v) is 5.31. The fourth-order valence-electron chi connectivity index (χ4n) is 2.58. The summed E-state index contributed by atoms with van der Waals surface area (Å²) in [7, 11) is 1.77. The second-order valence-electron chi connectivity index (χ2n) is 4.90. The number of aromatic nitrogens is 2. The Bertz CT molecular complexity index is 584. The molecule has 0 amide bonds. The lowest BCUT2D eigenvalue weighted by atomic mass is 9.80. The van der Waals surface area contributed by atoms with E-state index in [2.05, 4.69) is 4.98 Å². The zero-order chi connectivity index (χ0) is 12.8. The highest BCUT2D eigenvalue weighted by Crippen LogP contribution is 2.38. The van der Waals surface area contributed by atoms with Crippen LogP contribution in [0.25, 0.3) is 11.0 Å². The Labute approximate surface area is 111 Å². The van der Waals surface area contributed by atoms with Crippen molar-refractivity contribution in [2.45, 2.75) is 31.4 Å². The highest BCUT2D eigenvalue weighted by Gasteiger charge is 2.38. The number of halogens is 1. The number of ether oxygens (including phenoxy) is 1. The molecule has 3 rings (SSSR count). The molecule has 1 saturated carbocycles. The normalized spacial score (nSPS) is 17.9. The van der Waals surface area contributed by atoms with Crippen molar-refractivity contribution in [3.05, 3.63) is 23.2 Å². The number of nitrogen functional groups attached to an aromatic ring is 1. The lowest BCUT2D eigenvalue weighted by molar-refractivity contribution is -0.0824. The number of fused-ring (bicyclic) bond motifs is 1. The van der Waals surface area contributed by atoms with E-state index in [1.165, 1.54) is 6.42 Å². The van der Waals surface area contributed by atoms with Crippen LogP contribution in [0.5, 0.6) is 0 Å². The van der Waals surface area contributed by atoms with Crippen LogP contribution in [0.1, 0.15) is 19.3 Å². The van der Waals surface area contributed by atoms with Gasteiger partial charge in [-0.05, 0) is 31.4 Å². The van der Waals surface area contributed by atoms with Crippen LogP contribution >= 0.6 is 11.6 Å². The number of nitrogens with two attached hydrogens (primary N) is 1. The molecule has 0 aliphatic heterocycles. The van der Waals surface area contributed by atoms with Crippen molar-refractivity contribution in [2.24, 2.45) is 0 Å². The Kier molecular flexibility index (Phi) is 2.72. The van der Waals surface area contributed by atoms with E-state index in [9.17, 15) is 0 Å². The van der Waals surface area contributed by atoms with E-state index in [0.717, 1.165) is 30.4 Å². The fraction of sp³-hybridized carbons (Fsp3) is 0.462. The number of benzene rings is 1. The molecule has 4 nitrogen and oxygen atoms in total. The first-order valence-electron chi connectivity index (χ1n) is 6.11. The Hall–Kier alpha value is -1.26. The van der Waals surface area contributed by atoms with Crippen LogP contribution in [0.15, 0.2) is 18.2 Å². The van der Waals surface area contributed by atoms with Crippen molar-refractivity contribution < 1.29 is 4.74 Å². The molecule has 5 heteroatoms. The summed E-state index contributed by atoms with van der Waals surface area (Å²) in [6, 6.07) is 5.74. The van der Waals surface area contributed by atoms with E-state index in [0.29, 0.717) is 11.0 Å². The average molecular weight is 266 g/mol. The molecule has 0 spiro atoms. The monoisotopic (exact) mass is 265 g/mol. The van der Waals surface area contributed by atoms with E-state index in [1.807, 2.05) is 22.8 Å². The third kappa shape index (κ3) is 1.68. The molecule has 1 heterocycles. The van der Waals surface area contributed by atoms with Crippen LogP contribution in [0.3, 0.4) is 0 Å². The highest BCUT2D eigenvalue weighted by molar-refractivity contribution is 6.35. The van der Waals surface area contributed by atoms with Crippen molar-refractivity contribution in [1.29, 1.82) is 0 Å². The Balaban J connectivity index is 2.06. The van der Waals surface area contributed by atoms with E-state index in [4.69, 9.17) is 22.1 Å². The molecule has 2 N–H and O–H groups in total. The van der Waals surface area contributed by atoms with Gasteiger partial charge >= 0.3 is 0 Å². The molecular weight excluding hydrogens is 250 g/mol. The molecule has 1 aliphatic carbocycles. The van der Waals surface area contributed by atoms with Crippen molar-refractivity contribution in [3.8, 4) is 0 Å². The number of methoxy groups -OCH3 is 1. The summed E-state index contributed by atoms with van der Waals surface area (Å²) < 4.78 is 7.65. The minimum Gasteiger partial charge on any atom is -0.376 e. The fourth-order valence-corrected chi connectivity index (χ4v) is 2.79. The standard InChI is InChI=1S/C13H16ClN3O/c1-18-13(6-3-7-13)8-17-10-5-2-4-9(14)11(10)16-12(17)15/h2,4-5H,3,6-8H2,1H3,(H2,15,16). The molecule has 0 bridgehead atoms. The molecule has 0 atom stereocenters. The molecular formula is C13H16ClN3O. The average Bonchev–Trinajstić information content (AvgIpc) is 2.62. The van der Waals surface area contributed by atoms with Crippen molar-refractivity contribution in [1.82, 2.24) is 9.55 Å². The number of anilines is 1. The third-order valence-electron chi connectivity index (χ3n) is 3.90. The van der Waals surface area contributed by atoms with Gasteiger partial charge in [-0.25, -0.2) is 4.98 Å². The van der Waals surface area contributed by atoms with Gasteiger partial charge < -0.3 is 15.0 Å². The summed E-state index contributed by atoms with van der Waals surface area (Å²) in [5, 5.41) is 0.637. The maximum absolute atomic E-state index is 6.13. The van der Waals surface area contributed by atoms with Crippen molar-refractivity contribution in [3.63, 3.8) is 0 Å². The topological polar surface area (TPSA) is 53.1 Å². The van der Waals surface area contributed by atoms with Crippen LogP contribution < -0.4 is 5.73 Å². The van der Waals surface area contributed by atoms with Crippen LogP contribution in [0.4, 0.5) is 5.95 Å². The molecule has 1 fully saturated rings. The van der Waals surface area contributed by atoms with Gasteiger partial charge in [0.2, 0.25) is 5.95 Å². The maximum Gasteiger partial charge on any atom is 0.201 e. The van der Waals surface area contributed by atoms with Gasteiger partial charge in [0.05, 0.1) is 22.7 Å². The van der Waals surface area contributed by atoms with Gasteiger partial charge in [-0.3, -0.25) is 0 Å². The van der Waals surface area contributed by atoms with Gasteiger partial charge in [0.25, 0.3) is 0 Å². The summed E-state index contributed by atoms with van der Waals surface area (Å²) in [5.41, 5.74) is 7.66. The SMILES string of the molecule is COC1(Cn2c(N)nc3c(Cl)cccc32)CCC1. The Morgan fingerprint density at radius 2 is 2.28 bits per heavy atom. The predicted octanol–water partition coefficient (Wildman–Crippen LogP) is 2.84. The molecule has 0 radical (unpaired) electrons. The third-order valence-corrected chi connectivity index (χ3v) is 4.21. The number of rotatable bonds is 3. The van der Waals surface area contributed by atoms with E-state index in [1.54, 1.807) is 7.11 Å². The lowest BCUT2D eigenvalue weighted by Crippen LogP contribution is -2.43. The van der Waals surface area contributed by atoms with E-state index >= 15 is 0 Å². The van der Waals surface area contributed by atoms with Gasteiger partial charge in [-0.2, -0.15) is 0 Å². The zero-order valence-electron chi connectivity index (χ0n) is 10.3. The summed E-state index contributed by atoms with van der Waals surface area (Å²) in [6.07, 6.45) is 3.35. The smallest absolute Gasteiger partial charge is 0.201 e. The molecule has 1 aromatic heterocycles. The molecule has 2 aromatic rings. The molecule has 1 aromatic carbocycles. The van der Waals surface area contributed by atoms with Gasteiger partial charge in [-0.15, -0.1) is 0 Å². The number of para-hydroxylation sites is 1. The van der Waals surface area contributed by atoms with Crippen LogP contribution in [0, 0.1) is 0 Å². The first kappa shape index (κ1) is 11.8. The number of hydrogen-bond donors (Lipinski definition) is 1. The number of nitrogens with zero attached hydrogens (tertiary/aromatic N) is 2. The number of hydrogen-bond acceptors (Lipinski definition) is 3. The summed E-state index contributed by atoms with van der Waals surface area (Å²) in [4.78, 5) is 4.34. The van der Waals surface area contributed by atoms with Crippen molar-refractivity contribution in [2.75, 3.05) is 12.8 Å². The van der Waals surface area contributed by atoms with Crippen molar-refractivity contribution >= 4 is 28.6 Å². The predicted molar refractivity (Wildman–Crippen MR) is 72.7 cm³/mol. The Morgan fingerprint density at radius 3 is 2.89 bits per heavy atom. The summed E-state index contributed by atoms with van der Waals surface area (Å²) >= 11 is 6.13. The molecule has 0 saturated heterocycles. The maximum atomic E-state index is 6.13. The largest absolute Gasteiger partial charge is 0.376 e. The second kappa shape index (κ2) is 4.14. The molecule has 0 unspecified atom stereocenters. The first-order valence-corrected chi connectivity index (χ1v) is 6.48. The molecule has 18 heavy (non-hydrogen) atoms. The van der Waals surface area contributed by atoms with Gasteiger partial charge in [0.15, 0.2) is 0 Å². The molecule has 1 aliphatic rings. The van der Waals surface area contributed by atoms with E-state index < -0.39 is 0 Å². The highest BCUT2D eigenvalue weighted by atomic mass is 35.5. The Morgan fingerprint density at radius 1 is 1.50 bits per heavy atom. The van der Waals surface area contributed by atoms with Gasteiger partial charge in [0.1, 0.15) is 5.52 Å². The van der Waals surface area contributed by atoms with E-state index in [-0.39, 0.29) is 5.60 Å². The van der Waals surface area contributed by atoms with Crippen LogP contribution in [-0.2, 0) is 11.3 Å². The summed E-state index contributed by atoms with van der Waals surface area (Å²) in [5.74, 6) is 0.501. The lowest BCUT2D eigenvalue weighted by Gasteiger charge is -2.40. The van der Waals surface area contributed by atoms with Crippen LogP contribution in [0.2, 0.25) is 5.02 Å². The quantitative estimate of drug-likeness (QED) is 0.928. The van der Waals surface area contributed by atoms with Gasteiger partial charge in [0, 0.05) is 7.11 Å².